The number of benzene rings is 1. The molecule has 0 saturated heterocycles. The number of nitrogens with two attached hydrogens (primary N) is 1. The normalized spacial score (nSPS) is 17.0. The molecule has 0 spiro atoms. The van der Waals surface area contributed by atoms with Gasteiger partial charge >= 0.3 is 0 Å². The Kier molecular flexibility index (Phi) is 5.00. The maximum Gasteiger partial charge on any atom is 0.217 e. The van der Waals surface area contributed by atoms with E-state index in [-0.39, 0.29) is 11.1 Å². The number of rotatable bonds is 5. The molecule has 1 aliphatic rings. The first-order valence-corrected chi connectivity index (χ1v) is 8.80. The summed E-state index contributed by atoms with van der Waals surface area (Å²) in [6, 6.07) is 7.18. The standard InChI is InChI=1S/C15H23N3O2S/c1-18(21(19,20)14-8-3-2-4-9-14)11-12-6-5-7-13(10-12)15(16)17/h5-7,10,14H,2-4,8-9,11H2,1H3,(H3,16,17). The second-order valence-corrected chi connectivity index (χ2v) is 8.00. The van der Waals surface area contributed by atoms with E-state index in [4.69, 9.17) is 11.1 Å². The molecular weight excluding hydrogens is 286 g/mol. The number of hydrogen-bond acceptors (Lipinski definition) is 3. The maximum atomic E-state index is 12.6. The van der Waals surface area contributed by atoms with Crippen LogP contribution in [-0.2, 0) is 16.6 Å². The molecule has 1 saturated carbocycles. The van der Waals surface area contributed by atoms with E-state index >= 15 is 0 Å². The molecule has 0 aliphatic heterocycles. The Balaban J connectivity index is 2.11. The van der Waals surface area contributed by atoms with Gasteiger partial charge in [-0.05, 0) is 24.5 Å². The van der Waals surface area contributed by atoms with Crippen molar-refractivity contribution in [3.05, 3.63) is 35.4 Å². The molecule has 0 radical (unpaired) electrons. The molecule has 2 rings (SSSR count). The maximum absolute atomic E-state index is 12.6. The lowest BCUT2D eigenvalue weighted by Gasteiger charge is -2.27. The Bertz CT molecular complexity index is 607. The third-order valence-electron chi connectivity index (χ3n) is 4.05. The van der Waals surface area contributed by atoms with Gasteiger partial charge in [0.05, 0.1) is 5.25 Å². The van der Waals surface area contributed by atoms with Gasteiger partial charge in [0.1, 0.15) is 5.84 Å². The van der Waals surface area contributed by atoms with Crippen LogP contribution in [0.3, 0.4) is 0 Å². The van der Waals surface area contributed by atoms with E-state index in [1.54, 1.807) is 25.2 Å². The van der Waals surface area contributed by atoms with Crippen molar-refractivity contribution in [2.45, 2.75) is 43.9 Å². The second-order valence-electron chi connectivity index (χ2n) is 5.68. The Morgan fingerprint density at radius 2 is 2.00 bits per heavy atom. The number of amidine groups is 1. The summed E-state index contributed by atoms with van der Waals surface area (Å²) in [4.78, 5) is 0. The topological polar surface area (TPSA) is 87.2 Å². The lowest BCUT2D eigenvalue weighted by molar-refractivity contribution is 0.423. The number of nitrogens with one attached hydrogen (secondary N) is 1. The molecule has 116 valence electrons. The SMILES string of the molecule is CN(Cc1cccc(C(=N)N)c1)S(=O)(=O)C1CCCCC1. The highest BCUT2D eigenvalue weighted by Gasteiger charge is 2.30. The highest BCUT2D eigenvalue weighted by molar-refractivity contribution is 7.89. The van der Waals surface area contributed by atoms with Gasteiger partial charge in [0.2, 0.25) is 10.0 Å². The van der Waals surface area contributed by atoms with Crippen LogP contribution in [0.1, 0.15) is 43.2 Å². The molecule has 1 aromatic carbocycles. The van der Waals surface area contributed by atoms with Gasteiger partial charge in [0.15, 0.2) is 0 Å². The summed E-state index contributed by atoms with van der Waals surface area (Å²) in [7, 11) is -1.62. The summed E-state index contributed by atoms with van der Waals surface area (Å²) in [5, 5.41) is 7.20. The van der Waals surface area contributed by atoms with E-state index in [1.165, 1.54) is 4.31 Å². The van der Waals surface area contributed by atoms with Gasteiger partial charge in [-0.1, -0.05) is 37.5 Å². The van der Waals surface area contributed by atoms with Gasteiger partial charge < -0.3 is 5.73 Å². The molecule has 1 aromatic rings. The Labute approximate surface area is 126 Å². The summed E-state index contributed by atoms with van der Waals surface area (Å²) in [5.74, 6) is -0.00496. The fourth-order valence-corrected chi connectivity index (χ4v) is 4.57. The number of sulfonamides is 1. The Hall–Kier alpha value is -1.40. The average Bonchev–Trinajstić information content (AvgIpc) is 2.48. The molecule has 3 N–H and O–H groups in total. The van der Waals surface area contributed by atoms with Crippen molar-refractivity contribution in [2.75, 3.05) is 7.05 Å². The van der Waals surface area contributed by atoms with Gasteiger partial charge in [-0.15, -0.1) is 0 Å². The van der Waals surface area contributed by atoms with E-state index in [9.17, 15) is 8.42 Å². The lowest BCUT2D eigenvalue weighted by Crippen LogP contribution is -2.36. The number of nitrogen functional groups attached to an aromatic ring is 1. The van der Waals surface area contributed by atoms with Gasteiger partial charge in [-0.25, -0.2) is 12.7 Å². The zero-order valence-electron chi connectivity index (χ0n) is 12.4. The second kappa shape index (κ2) is 6.58. The van der Waals surface area contributed by atoms with E-state index in [2.05, 4.69) is 0 Å². The van der Waals surface area contributed by atoms with Crippen LogP contribution in [0.25, 0.3) is 0 Å². The van der Waals surface area contributed by atoms with Crippen molar-refractivity contribution >= 4 is 15.9 Å². The van der Waals surface area contributed by atoms with Crippen LogP contribution >= 0.6 is 0 Å². The molecular formula is C15H23N3O2S. The van der Waals surface area contributed by atoms with Crippen LogP contribution in [0.4, 0.5) is 0 Å². The molecule has 1 aliphatic carbocycles. The van der Waals surface area contributed by atoms with Crippen LogP contribution in [-0.4, -0.2) is 30.9 Å². The third kappa shape index (κ3) is 3.83. The predicted molar refractivity (Wildman–Crippen MR) is 84.7 cm³/mol. The summed E-state index contributed by atoms with van der Waals surface area (Å²) < 4.78 is 26.6. The molecule has 0 atom stereocenters. The van der Waals surface area contributed by atoms with Gasteiger partial charge in [-0.2, -0.15) is 0 Å². The Morgan fingerprint density at radius 1 is 1.33 bits per heavy atom. The molecule has 0 bridgehead atoms. The zero-order chi connectivity index (χ0) is 15.5. The van der Waals surface area contributed by atoms with Crippen LogP contribution in [0, 0.1) is 5.41 Å². The van der Waals surface area contributed by atoms with Crippen molar-refractivity contribution in [1.29, 1.82) is 5.41 Å². The molecule has 0 heterocycles. The first-order valence-electron chi connectivity index (χ1n) is 7.30. The fourth-order valence-electron chi connectivity index (χ4n) is 2.80. The minimum atomic E-state index is -3.24. The summed E-state index contributed by atoms with van der Waals surface area (Å²) in [6.45, 7) is 0.319. The summed E-state index contributed by atoms with van der Waals surface area (Å²) in [5.41, 5.74) is 6.94. The molecule has 0 aromatic heterocycles. The predicted octanol–water partition coefficient (Wildman–Crippen LogP) is 2.06. The van der Waals surface area contributed by atoms with Crippen LogP contribution in [0.15, 0.2) is 24.3 Å². The van der Waals surface area contributed by atoms with Crippen LogP contribution < -0.4 is 5.73 Å². The van der Waals surface area contributed by atoms with Gasteiger partial charge in [-0.3, -0.25) is 5.41 Å². The highest BCUT2D eigenvalue weighted by Crippen LogP contribution is 2.26. The highest BCUT2D eigenvalue weighted by atomic mass is 32.2. The van der Waals surface area contributed by atoms with Crippen LogP contribution in [0.2, 0.25) is 0 Å². The number of nitrogens with zero attached hydrogens (tertiary/aromatic N) is 1. The molecule has 5 nitrogen and oxygen atoms in total. The van der Waals surface area contributed by atoms with Crippen molar-refractivity contribution in [1.82, 2.24) is 4.31 Å². The monoisotopic (exact) mass is 309 g/mol. The van der Waals surface area contributed by atoms with E-state index < -0.39 is 10.0 Å². The van der Waals surface area contributed by atoms with Gasteiger partial charge in [0, 0.05) is 19.2 Å². The van der Waals surface area contributed by atoms with Crippen molar-refractivity contribution in [3.8, 4) is 0 Å². The Morgan fingerprint density at radius 3 is 2.62 bits per heavy atom. The third-order valence-corrected chi connectivity index (χ3v) is 6.36. The molecule has 21 heavy (non-hydrogen) atoms. The average molecular weight is 309 g/mol. The van der Waals surface area contributed by atoms with E-state index in [1.807, 2.05) is 6.07 Å². The fraction of sp³-hybridized carbons (Fsp3) is 0.533. The first-order chi connectivity index (χ1) is 9.91. The van der Waals surface area contributed by atoms with Crippen molar-refractivity contribution in [3.63, 3.8) is 0 Å². The van der Waals surface area contributed by atoms with Crippen molar-refractivity contribution in [2.24, 2.45) is 5.73 Å². The quantitative estimate of drug-likeness (QED) is 0.644. The molecule has 1 fully saturated rings. The van der Waals surface area contributed by atoms with Crippen molar-refractivity contribution < 1.29 is 8.42 Å². The van der Waals surface area contributed by atoms with Gasteiger partial charge in [0.25, 0.3) is 0 Å². The van der Waals surface area contributed by atoms with E-state index in [0.717, 1.165) is 37.7 Å². The minimum absolute atomic E-state index is 0.00496. The number of hydrogen-bond donors (Lipinski definition) is 2. The molecule has 0 amide bonds. The first kappa shape index (κ1) is 16.0. The van der Waals surface area contributed by atoms with Crippen LogP contribution in [0.5, 0.6) is 0 Å². The lowest BCUT2D eigenvalue weighted by atomic mass is 10.0. The summed E-state index contributed by atoms with van der Waals surface area (Å²) in [6.07, 6.45) is 4.66. The van der Waals surface area contributed by atoms with E-state index in [0.29, 0.717) is 12.1 Å². The minimum Gasteiger partial charge on any atom is -0.384 e. The zero-order valence-corrected chi connectivity index (χ0v) is 13.2. The molecule has 0 unspecified atom stereocenters. The largest absolute Gasteiger partial charge is 0.384 e. The summed E-state index contributed by atoms with van der Waals surface area (Å²) >= 11 is 0. The molecule has 6 heteroatoms. The smallest absolute Gasteiger partial charge is 0.217 e.